The van der Waals surface area contributed by atoms with Crippen LogP contribution in [0.2, 0.25) is 0 Å². The maximum Gasteiger partial charge on any atom is 0.254 e. The summed E-state index contributed by atoms with van der Waals surface area (Å²) >= 11 is 0. The molecule has 2 aliphatic heterocycles. The minimum Gasteiger partial charge on any atom is -0.334 e. The number of carbonyl (C=O) groups is 1. The summed E-state index contributed by atoms with van der Waals surface area (Å²) in [6.07, 6.45) is 8.04. The summed E-state index contributed by atoms with van der Waals surface area (Å²) < 4.78 is 1.84. The van der Waals surface area contributed by atoms with Crippen LogP contribution in [0.15, 0.2) is 36.9 Å². The molecule has 0 saturated carbocycles. The smallest absolute Gasteiger partial charge is 0.254 e. The zero-order valence-corrected chi connectivity index (χ0v) is 14.7. The molecule has 0 spiro atoms. The fourth-order valence-corrected chi connectivity index (χ4v) is 4.40. The summed E-state index contributed by atoms with van der Waals surface area (Å²) in [5.74, 6) is 0.167. The Bertz CT molecular complexity index is 712. The summed E-state index contributed by atoms with van der Waals surface area (Å²) in [5.41, 5.74) is 1.73. The van der Waals surface area contributed by atoms with Crippen LogP contribution in [0.3, 0.4) is 0 Å². The Kier molecular flexibility index (Phi) is 4.53. The average molecular weight is 339 g/mol. The van der Waals surface area contributed by atoms with Gasteiger partial charge in [0.2, 0.25) is 0 Å². The molecular weight excluding hydrogens is 314 g/mol. The van der Waals surface area contributed by atoms with Gasteiger partial charge >= 0.3 is 0 Å². The third-order valence-corrected chi connectivity index (χ3v) is 5.66. The van der Waals surface area contributed by atoms with E-state index in [-0.39, 0.29) is 5.91 Å². The molecule has 0 aliphatic carbocycles. The number of hydrogen-bond acceptors (Lipinski definition) is 4. The van der Waals surface area contributed by atoms with Crippen LogP contribution < -0.4 is 0 Å². The maximum absolute atomic E-state index is 13.1. The molecule has 2 fully saturated rings. The molecule has 6 nitrogen and oxygen atoms in total. The Balaban J connectivity index is 1.51. The van der Waals surface area contributed by atoms with E-state index in [2.05, 4.69) is 26.9 Å². The predicted octanol–water partition coefficient (Wildman–Crippen LogP) is 2.36. The van der Waals surface area contributed by atoms with Crippen LogP contribution in [-0.4, -0.2) is 62.2 Å². The van der Waals surface area contributed by atoms with Crippen molar-refractivity contribution in [3.8, 4) is 5.69 Å². The summed E-state index contributed by atoms with van der Waals surface area (Å²) in [7, 11) is 0. The molecule has 1 aromatic carbocycles. The lowest BCUT2D eigenvalue weighted by atomic mass is 10.0. The van der Waals surface area contributed by atoms with Gasteiger partial charge in [-0.3, -0.25) is 14.3 Å². The van der Waals surface area contributed by atoms with Crippen molar-refractivity contribution in [1.82, 2.24) is 24.6 Å². The number of carbonyl (C=O) groups excluding carboxylic acids is 1. The largest absolute Gasteiger partial charge is 0.334 e. The second-order valence-corrected chi connectivity index (χ2v) is 6.96. The molecule has 2 aliphatic rings. The van der Waals surface area contributed by atoms with E-state index in [1.807, 2.05) is 28.8 Å². The van der Waals surface area contributed by atoms with Crippen molar-refractivity contribution in [2.45, 2.75) is 44.7 Å². The van der Waals surface area contributed by atoms with Gasteiger partial charge in [-0.2, -0.15) is 0 Å². The summed E-state index contributed by atoms with van der Waals surface area (Å²) in [5, 5.41) is 7.64. The van der Waals surface area contributed by atoms with Crippen molar-refractivity contribution in [3.05, 3.63) is 42.5 Å². The first-order chi connectivity index (χ1) is 12.3. The first-order valence-corrected chi connectivity index (χ1v) is 9.28. The van der Waals surface area contributed by atoms with E-state index in [0.29, 0.717) is 12.1 Å². The highest BCUT2D eigenvalue weighted by Crippen LogP contribution is 2.31. The molecule has 0 bridgehead atoms. The number of amides is 1. The van der Waals surface area contributed by atoms with Crippen molar-refractivity contribution < 1.29 is 4.79 Å². The molecule has 3 heterocycles. The van der Waals surface area contributed by atoms with Gasteiger partial charge in [-0.1, -0.05) is 6.92 Å². The number of hydrogen-bond donors (Lipinski definition) is 0. The Morgan fingerprint density at radius 3 is 2.44 bits per heavy atom. The van der Waals surface area contributed by atoms with Gasteiger partial charge in [-0.05, 0) is 63.0 Å². The third-order valence-electron chi connectivity index (χ3n) is 5.66. The number of aromatic nitrogens is 3. The lowest BCUT2D eigenvalue weighted by molar-refractivity contribution is 0.0650. The number of likely N-dealkylation sites (N-methyl/N-ethyl adjacent to an activating group) is 1. The molecule has 2 saturated heterocycles. The number of likely N-dealkylation sites (tertiary alicyclic amines) is 2. The molecule has 6 heteroatoms. The second-order valence-electron chi connectivity index (χ2n) is 6.96. The van der Waals surface area contributed by atoms with E-state index >= 15 is 0 Å². The predicted molar refractivity (Wildman–Crippen MR) is 95.7 cm³/mol. The normalized spacial score (nSPS) is 24.1. The minimum atomic E-state index is 0.167. The molecule has 0 N–H and O–H groups in total. The molecule has 2 unspecified atom stereocenters. The molecule has 1 amide bonds. The van der Waals surface area contributed by atoms with E-state index in [9.17, 15) is 4.79 Å². The van der Waals surface area contributed by atoms with Crippen molar-refractivity contribution >= 4 is 5.91 Å². The SMILES string of the molecule is CCN1CCCC1C1CCCN1C(=O)c1ccc(-n2cnnc2)cc1. The van der Waals surface area contributed by atoms with Gasteiger partial charge in [0.1, 0.15) is 12.7 Å². The highest BCUT2D eigenvalue weighted by molar-refractivity contribution is 5.94. The number of rotatable bonds is 4. The fourth-order valence-electron chi connectivity index (χ4n) is 4.40. The lowest BCUT2D eigenvalue weighted by Gasteiger charge is -2.34. The van der Waals surface area contributed by atoms with Gasteiger partial charge in [-0.15, -0.1) is 10.2 Å². The van der Waals surface area contributed by atoms with Gasteiger partial charge in [0.15, 0.2) is 0 Å². The zero-order chi connectivity index (χ0) is 17.2. The highest BCUT2D eigenvalue weighted by atomic mass is 16.2. The summed E-state index contributed by atoms with van der Waals surface area (Å²) in [6.45, 7) is 5.36. The van der Waals surface area contributed by atoms with Crippen LogP contribution in [0, 0.1) is 0 Å². The number of benzene rings is 1. The summed E-state index contributed by atoms with van der Waals surface area (Å²) in [4.78, 5) is 17.7. The minimum absolute atomic E-state index is 0.167. The molecule has 25 heavy (non-hydrogen) atoms. The third kappa shape index (κ3) is 3.06. The molecule has 2 atom stereocenters. The van der Waals surface area contributed by atoms with Crippen LogP contribution >= 0.6 is 0 Å². The molecule has 2 aromatic rings. The van der Waals surface area contributed by atoms with Crippen LogP contribution in [-0.2, 0) is 0 Å². The van der Waals surface area contributed by atoms with Gasteiger partial charge in [0.25, 0.3) is 5.91 Å². The Morgan fingerprint density at radius 1 is 1.04 bits per heavy atom. The maximum atomic E-state index is 13.1. The zero-order valence-electron chi connectivity index (χ0n) is 14.7. The standard InChI is InChI=1S/C19H25N5O/c1-2-22-11-3-5-17(22)18-6-4-12-24(18)19(25)15-7-9-16(10-8-15)23-13-20-21-14-23/h7-10,13-14,17-18H,2-6,11-12H2,1H3. The fraction of sp³-hybridized carbons (Fsp3) is 0.526. The molecular formula is C19H25N5O. The van der Waals surface area contributed by atoms with Crippen LogP contribution in [0.5, 0.6) is 0 Å². The van der Waals surface area contributed by atoms with Crippen molar-refractivity contribution in [3.63, 3.8) is 0 Å². The van der Waals surface area contributed by atoms with Gasteiger partial charge in [0, 0.05) is 29.9 Å². The number of nitrogens with zero attached hydrogens (tertiary/aromatic N) is 5. The van der Waals surface area contributed by atoms with E-state index in [1.165, 1.54) is 19.4 Å². The average Bonchev–Trinajstić information content (AvgIpc) is 3.41. The van der Waals surface area contributed by atoms with E-state index in [0.717, 1.165) is 37.2 Å². The van der Waals surface area contributed by atoms with Gasteiger partial charge in [0.05, 0.1) is 0 Å². The first-order valence-electron chi connectivity index (χ1n) is 9.28. The van der Waals surface area contributed by atoms with Gasteiger partial charge < -0.3 is 4.90 Å². The van der Waals surface area contributed by atoms with E-state index in [1.54, 1.807) is 12.7 Å². The van der Waals surface area contributed by atoms with Crippen LogP contribution in [0.1, 0.15) is 43.0 Å². The van der Waals surface area contributed by atoms with Crippen molar-refractivity contribution in [2.75, 3.05) is 19.6 Å². The Hall–Kier alpha value is -2.21. The highest BCUT2D eigenvalue weighted by Gasteiger charge is 2.39. The monoisotopic (exact) mass is 339 g/mol. The van der Waals surface area contributed by atoms with Crippen LogP contribution in [0.25, 0.3) is 5.69 Å². The summed E-state index contributed by atoms with van der Waals surface area (Å²) in [6, 6.07) is 8.64. The molecule has 132 valence electrons. The van der Waals surface area contributed by atoms with Crippen molar-refractivity contribution in [2.24, 2.45) is 0 Å². The quantitative estimate of drug-likeness (QED) is 0.858. The Morgan fingerprint density at radius 2 is 1.72 bits per heavy atom. The second kappa shape index (κ2) is 6.96. The molecule has 4 rings (SSSR count). The lowest BCUT2D eigenvalue weighted by Crippen LogP contribution is -2.48. The molecule has 0 radical (unpaired) electrons. The molecule has 1 aromatic heterocycles. The van der Waals surface area contributed by atoms with Crippen LogP contribution in [0.4, 0.5) is 0 Å². The van der Waals surface area contributed by atoms with Crippen molar-refractivity contribution in [1.29, 1.82) is 0 Å². The topological polar surface area (TPSA) is 54.3 Å². The van der Waals surface area contributed by atoms with E-state index < -0.39 is 0 Å². The first kappa shape index (κ1) is 16.3. The van der Waals surface area contributed by atoms with Gasteiger partial charge in [-0.25, -0.2) is 0 Å². The Labute approximate surface area is 148 Å². The van der Waals surface area contributed by atoms with E-state index in [4.69, 9.17) is 0 Å².